The van der Waals surface area contributed by atoms with E-state index in [0.717, 1.165) is 25.7 Å². The highest BCUT2D eigenvalue weighted by Gasteiger charge is 2.58. The number of esters is 1. The van der Waals surface area contributed by atoms with Crippen LogP contribution in [0.5, 0.6) is 0 Å². The number of methoxy groups -OCH3 is 1. The summed E-state index contributed by atoms with van der Waals surface area (Å²) in [4.78, 5) is 12.1. The van der Waals surface area contributed by atoms with E-state index in [1.807, 2.05) is 12.2 Å². The fourth-order valence-electron chi connectivity index (χ4n) is 3.28. The van der Waals surface area contributed by atoms with Crippen LogP contribution in [0.3, 0.4) is 0 Å². The van der Waals surface area contributed by atoms with Gasteiger partial charge in [-0.3, -0.25) is 4.79 Å². The van der Waals surface area contributed by atoms with E-state index < -0.39 is 10.8 Å². The van der Waals surface area contributed by atoms with Crippen molar-refractivity contribution in [3.05, 3.63) is 12.2 Å². The minimum absolute atomic E-state index is 0.196. The molecule has 0 amide bonds. The average Bonchev–Trinajstić information content (AvgIpc) is 2.37. The molecule has 2 rings (SSSR count). The molecule has 2 aliphatic rings. The molecule has 0 aromatic rings. The van der Waals surface area contributed by atoms with E-state index in [0.29, 0.717) is 12.8 Å². The molecule has 0 aromatic heterocycles. The Balaban J connectivity index is 2.47. The Morgan fingerprint density at radius 1 is 1.31 bits per heavy atom. The first kappa shape index (κ1) is 11.2. The maximum atomic E-state index is 12.1. The maximum Gasteiger partial charge on any atom is 0.313 e. The van der Waals surface area contributed by atoms with E-state index in [9.17, 15) is 10.1 Å². The number of rotatable bonds is 1. The standard InChI is InChI=1S/C13H17NO2/c1-16-11(15)13-8-4-2-6-12(13,10-14)7-3-5-9-13/h2,4H,3,5-9H2,1H3/t12-,13+/m0/s1. The SMILES string of the molecule is COC(=O)[C@]12CC=CC[C@@]1(C#N)CCCC2. The lowest BCUT2D eigenvalue weighted by Gasteiger charge is -2.48. The normalized spacial score (nSPS) is 37.2. The third-order valence-electron chi connectivity index (χ3n) is 4.26. The fraction of sp³-hybridized carbons (Fsp3) is 0.692. The van der Waals surface area contributed by atoms with Crippen LogP contribution in [0.25, 0.3) is 0 Å². The quantitative estimate of drug-likeness (QED) is 0.503. The van der Waals surface area contributed by atoms with Crippen LogP contribution in [0.15, 0.2) is 12.2 Å². The molecule has 0 saturated heterocycles. The van der Waals surface area contributed by atoms with Crippen molar-refractivity contribution in [2.45, 2.75) is 38.5 Å². The average molecular weight is 219 g/mol. The van der Waals surface area contributed by atoms with Gasteiger partial charge in [0.15, 0.2) is 0 Å². The van der Waals surface area contributed by atoms with Gasteiger partial charge in [-0.05, 0) is 25.7 Å². The van der Waals surface area contributed by atoms with Gasteiger partial charge in [-0.15, -0.1) is 0 Å². The second kappa shape index (κ2) is 3.93. The molecule has 86 valence electrons. The first-order valence-corrected chi connectivity index (χ1v) is 5.85. The van der Waals surface area contributed by atoms with Gasteiger partial charge in [0.1, 0.15) is 0 Å². The lowest BCUT2D eigenvalue weighted by Crippen LogP contribution is -2.50. The summed E-state index contributed by atoms with van der Waals surface area (Å²) >= 11 is 0. The topological polar surface area (TPSA) is 50.1 Å². The van der Waals surface area contributed by atoms with Crippen molar-refractivity contribution >= 4 is 5.97 Å². The molecule has 1 fully saturated rings. The van der Waals surface area contributed by atoms with Gasteiger partial charge in [-0.25, -0.2) is 0 Å². The molecule has 0 bridgehead atoms. The van der Waals surface area contributed by atoms with Crippen LogP contribution in [0.4, 0.5) is 0 Å². The summed E-state index contributed by atoms with van der Waals surface area (Å²) in [6, 6.07) is 2.42. The van der Waals surface area contributed by atoms with Gasteiger partial charge >= 0.3 is 5.97 Å². The zero-order chi connectivity index (χ0) is 11.6. The van der Waals surface area contributed by atoms with E-state index >= 15 is 0 Å². The van der Waals surface area contributed by atoms with E-state index in [-0.39, 0.29) is 5.97 Å². The highest BCUT2D eigenvalue weighted by atomic mass is 16.5. The lowest BCUT2D eigenvalue weighted by molar-refractivity contribution is -0.163. The Kier molecular flexibility index (Phi) is 2.75. The third kappa shape index (κ3) is 1.29. The second-order valence-electron chi connectivity index (χ2n) is 4.85. The van der Waals surface area contributed by atoms with E-state index in [1.54, 1.807) is 0 Å². The highest BCUT2D eigenvalue weighted by molar-refractivity contribution is 5.79. The Bertz CT molecular complexity index is 369. The number of hydrogen-bond donors (Lipinski definition) is 0. The smallest absolute Gasteiger partial charge is 0.313 e. The molecule has 0 aliphatic heterocycles. The number of nitriles is 1. The molecule has 0 unspecified atom stereocenters. The summed E-state index contributed by atoms with van der Waals surface area (Å²) in [7, 11) is 1.42. The Hall–Kier alpha value is -1.30. The number of allylic oxidation sites excluding steroid dienone is 2. The molecule has 3 nitrogen and oxygen atoms in total. The number of carbonyl (C=O) groups excluding carboxylic acids is 1. The Morgan fingerprint density at radius 2 is 2.00 bits per heavy atom. The summed E-state index contributed by atoms with van der Waals surface area (Å²) in [5.41, 5.74) is -1.10. The van der Waals surface area contributed by atoms with E-state index in [4.69, 9.17) is 4.74 Å². The molecule has 1 saturated carbocycles. The largest absolute Gasteiger partial charge is 0.469 e. The van der Waals surface area contributed by atoms with Gasteiger partial charge in [-0.1, -0.05) is 25.0 Å². The predicted octanol–water partition coefficient (Wildman–Crippen LogP) is 2.58. The minimum Gasteiger partial charge on any atom is -0.469 e. The number of nitrogens with zero attached hydrogens (tertiary/aromatic N) is 1. The van der Waals surface area contributed by atoms with Crippen LogP contribution < -0.4 is 0 Å². The molecular weight excluding hydrogens is 202 g/mol. The van der Waals surface area contributed by atoms with Crippen LogP contribution in [-0.4, -0.2) is 13.1 Å². The van der Waals surface area contributed by atoms with Gasteiger partial charge in [0, 0.05) is 0 Å². The minimum atomic E-state index is -0.580. The number of hydrogen-bond acceptors (Lipinski definition) is 3. The molecule has 0 heterocycles. The van der Waals surface area contributed by atoms with Crippen LogP contribution >= 0.6 is 0 Å². The van der Waals surface area contributed by atoms with Crippen molar-refractivity contribution in [3.8, 4) is 6.07 Å². The number of ether oxygens (including phenoxy) is 1. The Labute approximate surface area is 96.1 Å². The predicted molar refractivity (Wildman–Crippen MR) is 59.3 cm³/mol. The highest BCUT2D eigenvalue weighted by Crippen LogP contribution is 2.57. The van der Waals surface area contributed by atoms with Crippen LogP contribution in [0.2, 0.25) is 0 Å². The summed E-state index contributed by atoms with van der Waals surface area (Å²) < 4.78 is 4.95. The van der Waals surface area contributed by atoms with Gasteiger partial charge in [0.05, 0.1) is 24.0 Å². The molecule has 0 radical (unpaired) electrons. The number of carbonyl (C=O) groups is 1. The van der Waals surface area contributed by atoms with Gasteiger partial charge in [0.25, 0.3) is 0 Å². The summed E-state index contributed by atoms with van der Waals surface area (Å²) in [6.07, 6.45) is 9.09. The lowest BCUT2D eigenvalue weighted by atomic mass is 9.52. The van der Waals surface area contributed by atoms with Gasteiger partial charge in [0.2, 0.25) is 0 Å². The number of fused-ring (bicyclic) bond motifs is 1. The van der Waals surface area contributed by atoms with Gasteiger partial charge in [-0.2, -0.15) is 5.26 Å². The maximum absolute atomic E-state index is 12.1. The second-order valence-corrected chi connectivity index (χ2v) is 4.85. The van der Waals surface area contributed by atoms with Crippen molar-refractivity contribution in [2.75, 3.05) is 7.11 Å². The monoisotopic (exact) mass is 219 g/mol. The van der Waals surface area contributed by atoms with Crippen molar-refractivity contribution in [2.24, 2.45) is 10.8 Å². The molecule has 0 N–H and O–H groups in total. The van der Waals surface area contributed by atoms with Gasteiger partial charge < -0.3 is 4.74 Å². The van der Waals surface area contributed by atoms with Crippen molar-refractivity contribution in [1.29, 1.82) is 5.26 Å². The van der Waals surface area contributed by atoms with Crippen LogP contribution in [0.1, 0.15) is 38.5 Å². The Morgan fingerprint density at radius 3 is 2.69 bits per heavy atom. The van der Waals surface area contributed by atoms with E-state index in [2.05, 4.69) is 6.07 Å². The molecular formula is C13H17NO2. The summed E-state index contributed by atoms with van der Waals surface area (Å²) in [5, 5.41) is 9.49. The van der Waals surface area contributed by atoms with Crippen LogP contribution in [-0.2, 0) is 9.53 Å². The molecule has 16 heavy (non-hydrogen) atoms. The fourth-order valence-corrected chi connectivity index (χ4v) is 3.28. The molecule has 2 aliphatic carbocycles. The first-order chi connectivity index (χ1) is 7.71. The summed E-state index contributed by atoms with van der Waals surface area (Å²) in [6.45, 7) is 0. The third-order valence-corrected chi connectivity index (χ3v) is 4.26. The molecule has 2 atom stereocenters. The van der Waals surface area contributed by atoms with E-state index in [1.165, 1.54) is 7.11 Å². The molecule has 0 aromatic carbocycles. The zero-order valence-electron chi connectivity index (χ0n) is 9.66. The molecule has 0 spiro atoms. The van der Waals surface area contributed by atoms with Crippen molar-refractivity contribution < 1.29 is 9.53 Å². The van der Waals surface area contributed by atoms with Crippen LogP contribution in [0, 0.1) is 22.2 Å². The van der Waals surface area contributed by atoms with Crippen molar-refractivity contribution in [3.63, 3.8) is 0 Å². The molecule has 3 heteroatoms. The zero-order valence-corrected chi connectivity index (χ0v) is 9.66. The summed E-state index contributed by atoms with van der Waals surface area (Å²) in [5.74, 6) is -0.196. The first-order valence-electron chi connectivity index (χ1n) is 5.85. The van der Waals surface area contributed by atoms with Crippen molar-refractivity contribution in [1.82, 2.24) is 0 Å².